The second-order valence-corrected chi connectivity index (χ2v) is 6.11. The minimum Gasteiger partial charge on any atom is -0.381 e. The number of halogens is 1. The Labute approximate surface area is 132 Å². The van der Waals surface area contributed by atoms with Crippen LogP contribution >= 0.6 is 15.9 Å². The molecular weight excluding hydrogens is 330 g/mol. The normalized spacial score (nSPS) is 13.8. The highest BCUT2D eigenvalue weighted by Crippen LogP contribution is 2.20. The van der Waals surface area contributed by atoms with Gasteiger partial charge in [-0.05, 0) is 64.7 Å². The van der Waals surface area contributed by atoms with Crippen molar-refractivity contribution in [1.29, 1.82) is 0 Å². The third-order valence-electron chi connectivity index (χ3n) is 3.32. The second-order valence-electron chi connectivity index (χ2n) is 5.19. The monoisotopic (exact) mass is 345 g/mol. The fourth-order valence-corrected chi connectivity index (χ4v) is 2.40. The smallest absolute Gasteiger partial charge is 0.251 e. The lowest BCUT2D eigenvalue weighted by Crippen LogP contribution is -2.25. The molecule has 2 N–H and O–H groups in total. The summed E-state index contributed by atoms with van der Waals surface area (Å²) in [5.41, 5.74) is 2.79. The number of hydrogen-bond donors (Lipinski definition) is 2. The first kappa shape index (κ1) is 14.1. The number of anilines is 1. The molecule has 0 atom stereocenters. The molecule has 1 fully saturated rings. The highest BCUT2D eigenvalue weighted by Gasteiger charge is 2.23. The predicted molar refractivity (Wildman–Crippen MR) is 86.2 cm³/mol. The third-order valence-corrected chi connectivity index (χ3v) is 3.75. The van der Waals surface area contributed by atoms with E-state index < -0.39 is 0 Å². The van der Waals surface area contributed by atoms with Crippen LogP contribution in [0.1, 0.15) is 28.8 Å². The first-order valence-corrected chi connectivity index (χ1v) is 7.74. The van der Waals surface area contributed by atoms with Gasteiger partial charge in [0, 0.05) is 40.7 Å². The van der Waals surface area contributed by atoms with Crippen molar-refractivity contribution in [2.45, 2.75) is 25.4 Å². The molecule has 1 aliphatic carbocycles. The molecule has 1 amide bonds. The van der Waals surface area contributed by atoms with Crippen LogP contribution in [0, 0.1) is 0 Å². The molecule has 0 saturated heterocycles. The van der Waals surface area contributed by atoms with Crippen molar-refractivity contribution in [3.63, 3.8) is 0 Å². The molecule has 5 heteroatoms. The van der Waals surface area contributed by atoms with E-state index in [1.807, 2.05) is 36.5 Å². The molecule has 1 heterocycles. The van der Waals surface area contributed by atoms with Gasteiger partial charge in [0.2, 0.25) is 0 Å². The van der Waals surface area contributed by atoms with E-state index in [2.05, 4.69) is 31.5 Å². The van der Waals surface area contributed by atoms with Gasteiger partial charge in [-0.3, -0.25) is 9.78 Å². The number of carbonyl (C=O) groups is 1. The summed E-state index contributed by atoms with van der Waals surface area (Å²) < 4.78 is 0.967. The average Bonchev–Trinajstić information content (AvgIpc) is 3.30. The Balaban J connectivity index is 1.57. The Morgan fingerprint density at radius 3 is 2.67 bits per heavy atom. The molecule has 21 heavy (non-hydrogen) atoms. The van der Waals surface area contributed by atoms with E-state index in [4.69, 9.17) is 0 Å². The van der Waals surface area contributed by atoms with Crippen molar-refractivity contribution in [2.75, 3.05) is 5.32 Å². The summed E-state index contributed by atoms with van der Waals surface area (Å²) >= 11 is 3.40. The summed E-state index contributed by atoms with van der Waals surface area (Å²) in [7, 11) is 0. The number of aromatic nitrogens is 1. The number of benzene rings is 1. The van der Waals surface area contributed by atoms with Gasteiger partial charge in [0.25, 0.3) is 5.91 Å². The van der Waals surface area contributed by atoms with E-state index in [9.17, 15) is 4.79 Å². The molecule has 0 spiro atoms. The lowest BCUT2D eigenvalue weighted by molar-refractivity contribution is 0.0951. The van der Waals surface area contributed by atoms with E-state index >= 15 is 0 Å². The fraction of sp³-hybridized carbons (Fsp3) is 0.250. The summed E-state index contributed by atoms with van der Waals surface area (Å²) in [5.74, 6) is 0.0141. The van der Waals surface area contributed by atoms with Crippen LogP contribution in [0.25, 0.3) is 0 Å². The van der Waals surface area contributed by atoms with Crippen LogP contribution in [0.15, 0.2) is 47.2 Å². The number of rotatable bonds is 5. The van der Waals surface area contributed by atoms with Crippen molar-refractivity contribution in [2.24, 2.45) is 0 Å². The topological polar surface area (TPSA) is 54.0 Å². The van der Waals surface area contributed by atoms with Crippen LogP contribution in [-0.2, 0) is 6.54 Å². The lowest BCUT2D eigenvalue weighted by atomic mass is 10.2. The summed E-state index contributed by atoms with van der Waals surface area (Å²) in [6.45, 7) is 0.695. The van der Waals surface area contributed by atoms with Crippen LogP contribution in [-0.4, -0.2) is 16.9 Å². The maximum absolute atomic E-state index is 11.9. The Morgan fingerprint density at radius 2 is 2.00 bits per heavy atom. The van der Waals surface area contributed by atoms with E-state index in [0.717, 1.165) is 28.6 Å². The van der Waals surface area contributed by atoms with Crippen LogP contribution in [0.4, 0.5) is 5.69 Å². The van der Waals surface area contributed by atoms with Gasteiger partial charge >= 0.3 is 0 Å². The van der Waals surface area contributed by atoms with Gasteiger partial charge in [0.1, 0.15) is 0 Å². The predicted octanol–water partition coefficient (Wildman–Crippen LogP) is 3.35. The summed E-state index contributed by atoms with van der Waals surface area (Å²) in [4.78, 5) is 16.0. The molecule has 2 aromatic rings. The van der Waals surface area contributed by atoms with Crippen molar-refractivity contribution < 1.29 is 4.79 Å². The number of carbonyl (C=O) groups excluding carboxylic acids is 1. The zero-order valence-electron chi connectivity index (χ0n) is 11.5. The highest BCUT2D eigenvalue weighted by atomic mass is 79.9. The largest absolute Gasteiger partial charge is 0.381 e. The highest BCUT2D eigenvalue weighted by molar-refractivity contribution is 9.10. The molecular formula is C16H16BrN3O. The Kier molecular flexibility index (Phi) is 4.20. The first-order chi connectivity index (χ1) is 10.2. The third kappa shape index (κ3) is 4.04. The fourth-order valence-electron chi connectivity index (χ4n) is 1.99. The number of nitrogens with zero attached hydrogens (tertiary/aromatic N) is 1. The number of hydrogen-bond acceptors (Lipinski definition) is 3. The molecule has 108 valence electrons. The van der Waals surface area contributed by atoms with Gasteiger partial charge in [-0.25, -0.2) is 0 Å². The van der Waals surface area contributed by atoms with E-state index in [1.54, 1.807) is 6.20 Å². The molecule has 0 unspecified atom stereocenters. The Hall–Kier alpha value is -1.88. The van der Waals surface area contributed by atoms with Crippen molar-refractivity contribution in [1.82, 2.24) is 10.3 Å². The van der Waals surface area contributed by atoms with Crippen LogP contribution < -0.4 is 10.6 Å². The van der Waals surface area contributed by atoms with Crippen molar-refractivity contribution >= 4 is 27.5 Å². The molecule has 1 aromatic carbocycles. The summed E-state index contributed by atoms with van der Waals surface area (Å²) in [6, 6.07) is 9.95. The van der Waals surface area contributed by atoms with E-state index in [1.165, 1.54) is 0 Å². The van der Waals surface area contributed by atoms with Gasteiger partial charge < -0.3 is 10.6 Å². The molecule has 0 aliphatic heterocycles. The van der Waals surface area contributed by atoms with Crippen molar-refractivity contribution in [3.8, 4) is 0 Å². The molecule has 3 rings (SSSR count). The standard InChI is InChI=1S/C16H16BrN3O/c17-13-7-11(8-18-10-13)9-19-14-3-1-12(2-4-14)16(21)20-15-5-6-15/h1-4,7-8,10,15,19H,5-6,9H2,(H,20,21). The van der Waals surface area contributed by atoms with E-state index in [-0.39, 0.29) is 5.91 Å². The van der Waals surface area contributed by atoms with Gasteiger partial charge in [-0.15, -0.1) is 0 Å². The van der Waals surface area contributed by atoms with Crippen molar-refractivity contribution in [3.05, 3.63) is 58.3 Å². The maximum Gasteiger partial charge on any atom is 0.251 e. The van der Waals surface area contributed by atoms with Gasteiger partial charge in [-0.2, -0.15) is 0 Å². The van der Waals surface area contributed by atoms with E-state index in [0.29, 0.717) is 18.2 Å². The average molecular weight is 346 g/mol. The van der Waals surface area contributed by atoms with Gasteiger partial charge in [0.15, 0.2) is 0 Å². The SMILES string of the molecule is O=C(NC1CC1)c1ccc(NCc2cncc(Br)c2)cc1. The molecule has 1 saturated carbocycles. The minimum atomic E-state index is 0.0141. The maximum atomic E-state index is 11.9. The zero-order valence-corrected chi connectivity index (χ0v) is 13.1. The molecule has 1 aliphatic rings. The van der Waals surface area contributed by atoms with Crippen LogP contribution in [0.5, 0.6) is 0 Å². The Morgan fingerprint density at radius 1 is 1.24 bits per heavy atom. The molecule has 4 nitrogen and oxygen atoms in total. The molecule has 0 radical (unpaired) electrons. The summed E-state index contributed by atoms with van der Waals surface area (Å²) in [6.07, 6.45) is 5.80. The summed E-state index contributed by atoms with van der Waals surface area (Å²) in [5, 5.41) is 6.30. The molecule has 1 aromatic heterocycles. The number of pyridine rings is 1. The zero-order chi connectivity index (χ0) is 14.7. The van der Waals surface area contributed by atoms with Gasteiger partial charge in [-0.1, -0.05) is 0 Å². The quantitative estimate of drug-likeness (QED) is 0.873. The number of amides is 1. The van der Waals surface area contributed by atoms with Crippen LogP contribution in [0.3, 0.4) is 0 Å². The molecule has 0 bridgehead atoms. The number of nitrogens with one attached hydrogen (secondary N) is 2. The second kappa shape index (κ2) is 6.26. The minimum absolute atomic E-state index is 0.0141. The van der Waals surface area contributed by atoms with Crippen LogP contribution in [0.2, 0.25) is 0 Å². The van der Waals surface area contributed by atoms with Gasteiger partial charge in [0.05, 0.1) is 0 Å². The first-order valence-electron chi connectivity index (χ1n) is 6.95. The Bertz CT molecular complexity index is 638. The lowest BCUT2D eigenvalue weighted by Gasteiger charge is -2.08.